The lowest BCUT2D eigenvalue weighted by atomic mass is 9.97. The number of methoxy groups -OCH3 is 1. The van der Waals surface area contributed by atoms with Gasteiger partial charge in [0.1, 0.15) is 11.4 Å². The summed E-state index contributed by atoms with van der Waals surface area (Å²) in [5.74, 6) is 0.445. The third kappa shape index (κ3) is 4.00. The van der Waals surface area contributed by atoms with Crippen LogP contribution in [0.15, 0.2) is 69.9 Å². The average molecular weight is 488 g/mol. The Hall–Kier alpha value is -4.13. The number of ether oxygens (including phenoxy) is 2. The van der Waals surface area contributed by atoms with Crippen molar-refractivity contribution in [2.75, 3.05) is 18.6 Å². The van der Waals surface area contributed by atoms with Crippen LogP contribution < -0.4 is 19.8 Å². The summed E-state index contributed by atoms with van der Waals surface area (Å²) >= 11 is 0. The predicted molar refractivity (Wildman–Crippen MR) is 136 cm³/mol. The molecule has 3 aromatic carbocycles. The Bertz CT molecular complexity index is 1520. The number of aryl methyl sites for hydroxylation is 1. The van der Waals surface area contributed by atoms with Gasteiger partial charge in [-0.15, -0.1) is 0 Å². The van der Waals surface area contributed by atoms with Crippen molar-refractivity contribution >= 4 is 22.6 Å². The zero-order chi connectivity index (χ0) is 25.6. The van der Waals surface area contributed by atoms with Crippen molar-refractivity contribution in [1.82, 2.24) is 0 Å². The first-order valence-electron chi connectivity index (χ1n) is 11.8. The molecule has 0 bridgehead atoms. The highest BCUT2D eigenvalue weighted by atomic mass is 19.1. The second kappa shape index (κ2) is 9.15. The smallest absolute Gasteiger partial charge is 0.295 e. The Morgan fingerprint density at radius 3 is 2.44 bits per heavy atom. The highest BCUT2D eigenvalue weighted by Gasteiger charge is 2.44. The van der Waals surface area contributed by atoms with Crippen molar-refractivity contribution in [3.8, 4) is 11.5 Å². The summed E-state index contributed by atoms with van der Waals surface area (Å²) in [6.07, 6.45) is 0. The van der Waals surface area contributed by atoms with Gasteiger partial charge in [-0.1, -0.05) is 31.5 Å². The standard InChI is InChI=1S/C29H26FNO5/c1-16(2)15-35-23-12-6-18(14-24(23)34-4)26-25-27(32)21-13-17(3)5-11-22(21)36-28(25)29(33)31(26)20-9-7-19(30)8-10-20/h5-14,16,26H,15H2,1-4H3. The van der Waals surface area contributed by atoms with E-state index in [9.17, 15) is 14.0 Å². The van der Waals surface area contributed by atoms with Crippen LogP contribution in [0.1, 0.15) is 47.1 Å². The summed E-state index contributed by atoms with van der Waals surface area (Å²) < 4.78 is 31.2. The van der Waals surface area contributed by atoms with E-state index in [-0.39, 0.29) is 16.8 Å². The van der Waals surface area contributed by atoms with Gasteiger partial charge in [-0.2, -0.15) is 0 Å². The molecule has 0 radical (unpaired) electrons. The van der Waals surface area contributed by atoms with Gasteiger partial charge in [0.05, 0.1) is 30.7 Å². The first kappa shape index (κ1) is 23.6. The van der Waals surface area contributed by atoms with Crippen LogP contribution in [0.5, 0.6) is 11.5 Å². The molecule has 0 saturated carbocycles. The Morgan fingerprint density at radius 2 is 1.75 bits per heavy atom. The van der Waals surface area contributed by atoms with E-state index in [4.69, 9.17) is 13.9 Å². The van der Waals surface area contributed by atoms with Crippen molar-refractivity contribution in [1.29, 1.82) is 0 Å². The summed E-state index contributed by atoms with van der Waals surface area (Å²) in [5.41, 5.74) is 2.28. The van der Waals surface area contributed by atoms with Gasteiger partial charge in [0.2, 0.25) is 5.76 Å². The van der Waals surface area contributed by atoms with E-state index >= 15 is 0 Å². The summed E-state index contributed by atoms with van der Waals surface area (Å²) in [7, 11) is 1.54. The van der Waals surface area contributed by atoms with Gasteiger partial charge in [0.15, 0.2) is 16.9 Å². The number of rotatable bonds is 6. The Kier molecular flexibility index (Phi) is 6.00. The molecule has 0 aliphatic carbocycles. The van der Waals surface area contributed by atoms with Crippen molar-refractivity contribution in [3.63, 3.8) is 0 Å². The summed E-state index contributed by atoms with van der Waals surface area (Å²) in [6.45, 7) is 6.50. The van der Waals surface area contributed by atoms with Crippen LogP contribution in [-0.2, 0) is 0 Å². The van der Waals surface area contributed by atoms with Gasteiger partial charge >= 0.3 is 0 Å². The van der Waals surface area contributed by atoms with Gasteiger partial charge in [0.25, 0.3) is 5.91 Å². The average Bonchev–Trinajstić information content (AvgIpc) is 3.16. The normalized spacial score (nSPS) is 15.0. The fourth-order valence-electron chi connectivity index (χ4n) is 4.50. The molecule has 0 spiro atoms. The number of benzene rings is 3. The minimum absolute atomic E-state index is 0.0234. The second-order valence-corrected chi connectivity index (χ2v) is 9.34. The minimum Gasteiger partial charge on any atom is -0.493 e. The van der Waals surface area contributed by atoms with Crippen molar-refractivity contribution < 1.29 is 23.1 Å². The van der Waals surface area contributed by atoms with Crippen LogP contribution in [0, 0.1) is 18.7 Å². The number of hydrogen-bond donors (Lipinski definition) is 0. The third-order valence-corrected chi connectivity index (χ3v) is 6.21. The van der Waals surface area contributed by atoms with Gasteiger partial charge in [0, 0.05) is 5.69 Å². The van der Waals surface area contributed by atoms with Crippen LogP contribution in [0.2, 0.25) is 0 Å². The van der Waals surface area contributed by atoms with E-state index in [1.807, 2.05) is 32.9 Å². The molecule has 0 N–H and O–H groups in total. The molecule has 1 aromatic heterocycles. The zero-order valence-electron chi connectivity index (χ0n) is 20.5. The van der Waals surface area contributed by atoms with Crippen LogP contribution in [0.3, 0.4) is 0 Å². The molecule has 0 fully saturated rings. The number of fused-ring (bicyclic) bond motifs is 2. The number of carbonyl (C=O) groups is 1. The topological polar surface area (TPSA) is 69.0 Å². The first-order valence-corrected chi connectivity index (χ1v) is 11.8. The largest absolute Gasteiger partial charge is 0.493 e. The Balaban J connectivity index is 1.73. The number of hydrogen-bond acceptors (Lipinski definition) is 5. The lowest BCUT2D eigenvalue weighted by Gasteiger charge is -2.26. The van der Waals surface area contributed by atoms with Crippen LogP contribution in [-0.4, -0.2) is 19.6 Å². The lowest BCUT2D eigenvalue weighted by molar-refractivity contribution is 0.0971. The monoisotopic (exact) mass is 487 g/mol. The first-order chi connectivity index (χ1) is 17.3. The van der Waals surface area contributed by atoms with E-state index in [1.165, 1.54) is 36.3 Å². The Morgan fingerprint density at radius 1 is 1.00 bits per heavy atom. The molecule has 5 rings (SSSR count). The number of anilines is 1. The maximum atomic E-state index is 13.8. The fraction of sp³-hybridized carbons (Fsp3) is 0.241. The van der Waals surface area contributed by atoms with Crippen molar-refractivity contribution in [2.24, 2.45) is 5.92 Å². The Labute approximate surface area is 207 Å². The van der Waals surface area contributed by atoms with Crippen LogP contribution >= 0.6 is 0 Å². The highest BCUT2D eigenvalue weighted by molar-refractivity contribution is 6.10. The highest BCUT2D eigenvalue weighted by Crippen LogP contribution is 2.43. The van der Waals surface area contributed by atoms with E-state index in [0.29, 0.717) is 46.2 Å². The maximum Gasteiger partial charge on any atom is 0.295 e. The fourth-order valence-corrected chi connectivity index (χ4v) is 4.50. The number of halogens is 1. The van der Waals surface area contributed by atoms with Crippen LogP contribution in [0.25, 0.3) is 11.0 Å². The number of nitrogens with zero attached hydrogens (tertiary/aromatic N) is 1. The molecule has 2 heterocycles. The number of amides is 1. The molecule has 0 saturated heterocycles. The summed E-state index contributed by atoms with van der Waals surface area (Å²) in [5, 5.41) is 0.399. The zero-order valence-corrected chi connectivity index (χ0v) is 20.5. The second-order valence-electron chi connectivity index (χ2n) is 9.34. The van der Waals surface area contributed by atoms with E-state index in [0.717, 1.165) is 5.56 Å². The maximum absolute atomic E-state index is 13.8. The molecule has 184 valence electrons. The molecular weight excluding hydrogens is 461 g/mol. The van der Waals surface area contributed by atoms with Gasteiger partial charge in [-0.25, -0.2) is 4.39 Å². The van der Waals surface area contributed by atoms with Gasteiger partial charge in [-0.3, -0.25) is 14.5 Å². The van der Waals surface area contributed by atoms with Crippen molar-refractivity contribution in [2.45, 2.75) is 26.8 Å². The number of carbonyl (C=O) groups excluding carboxylic acids is 1. The van der Waals surface area contributed by atoms with Crippen molar-refractivity contribution in [3.05, 3.63) is 99.2 Å². The molecule has 1 atom stereocenters. The van der Waals surface area contributed by atoms with Gasteiger partial charge < -0.3 is 13.9 Å². The van der Waals surface area contributed by atoms with E-state index in [2.05, 4.69) is 0 Å². The minimum atomic E-state index is -0.799. The predicted octanol–water partition coefficient (Wildman–Crippen LogP) is 6.03. The third-order valence-electron chi connectivity index (χ3n) is 6.21. The molecule has 1 aliphatic rings. The molecule has 7 heteroatoms. The molecule has 4 aromatic rings. The molecule has 1 amide bonds. The van der Waals surface area contributed by atoms with Crippen LogP contribution in [0.4, 0.5) is 10.1 Å². The van der Waals surface area contributed by atoms with Gasteiger partial charge in [-0.05, 0) is 66.9 Å². The van der Waals surface area contributed by atoms with E-state index < -0.39 is 17.8 Å². The summed E-state index contributed by atoms with van der Waals surface area (Å²) in [6, 6.07) is 15.4. The summed E-state index contributed by atoms with van der Waals surface area (Å²) in [4.78, 5) is 28.9. The molecule has 36 heavy (non-hydrogen) atoms. The molecule has 1 aliphatic heterocycles. The quantitative estimate of drug-likeness (QED) is 0.332. The molecule has 6 nitrogen and oxygen atoms in total. The molecular formula is C29H26FNO5. The van der Waals surface area contributed by atoms with E-state index in [1.54, 1.807) is 24.3 Å². The molecule has 1 unspecified atom stereocenters. The lowest BCUT2D eigenvalue weighted by Crippen LogP contribution is -2.29. The SMILES string of the molecule is COc1cc(C2c3c(oc4ccc(C)cc4c3=O)C(=O)N2c2ccc(F)cc2)ccc1OCC(C)C.